The average molecular weight is 456 g/mol. The molecule has 6 amide bonds. The molecule has 32 heavy (non-hydrogen) atoms. The molecule has 2 aromatic rings. The van der Waals surface area contributed by atoms with E-state index >= 15 is 0 Å². The van der Waals surface area contributed by atoms with Gasteiger partial charge in [0.25, 0.3) is 5.91 Å². The molecule has 0 unspecified atom stereocenters. The van der Waals surface area contributed by atoms with Crippen LogP contribution < -0.4 is 25.4 Å². The molecule has 11 heteroatoms. The molecule has 1 aliphatic carbocycles. The first-order valence-corrected chi connectivity index (χ1v) is 11.1. The summed E-state index contributed by atoms with van der Waals surface area (Å²) >= 11 is 1.55. The largest absolute Gasteiger partial charge is 0.486 e. The van der Waals surface area contributed by atoms with E-state index < -0.39 is 36.0 Å². The van der Waals surface area contributed by atoms with Crippen LogP contribution in [-0.4, -0.2) is 48.5 Å². The second-order valence-corrected chi connectivity index (χ2v) is 8.70. The molecule has 1 aromatic heterocycles. The highest BCUT2D eigenvalue weighted by molar-refractivity contribution is 7.10. The maximum Gasteiger partial charge on any atom is 0.325 e. The lowest BCUT2D eigenvalue weighted by Gasteiger charge is -2.31. The molecule has 0 radical (unpaired) electrons. The van der Waals surface area contributed by atoms with Gasteiger partial charge in [0, 0.05) is 22.2 Å². The number of amides is 6. The number of thiophene rings is 1. The summed E-state index contributed by atoms with van der Waals surface area (Å²) < 4.78 is 10.9. The first-order chi connectivity index (χ1) is 15.5. The fourth-order valence-electron chi connectivity index (χ4n) is 4.28. The van der Waals surface area contributed by atoms with Gasteiger partial charge in [0.15, 0.2) is 11.5 Å². The molecule has 1 atom stereocenters. The smallest absolute Gasteiger partial charge is 0.325 e. The monoisotopic (exact) mass is 456 g/mol. The predicted octanol–water partition coefficient (Wildman–Crippen LogP) is 1.95. The van der Waals surface area contributed by atoms with Gasteiger partial charge in [-0.05, 0) is 42.8 Å². The first kappa shape index (κ1) is 20.3. The van der Waals surface area contributed by atoms with E-state index in [4.69, 9.17) is 9.47 Å². The Balaban J connectivity index is 1.22. The molecular weight excluding hydrogens is 436 g/mol. The van der Waals surface area contributed by atoms with Crippen LogP contribution in [0.2, 0.25) is 0 Å². The quantitative estimate of drug-likeness (QED) is 0.606. The van der Waals surface area contributed by atoms with E-state index in [1.165, 1.54) is 0 Å². The van der Waals surface area contributed by atoms with Crippen LogP contribution in [0.3, 0.4) is 0 Å². The SMILES string of the molecule is O=C(CN1C(=O)N[C@@]2(CCCc3sccc32)C1=O)NC(=O)Nc1ccc2c(c1)OCCO2. The van der Waals surface area contributed by atoms with Gasteiger partial charge in [-0.15, -0.1) is 11.3 Å². The molecule has 5 rings (SSSR count). The van der Waals surface area contributed by atoms with Crippen molar-refractivity contribution < 1.29 is 28.7 Å². The zero-order valence-corrected chi connectivity index (χ0v) is 17.8. The number of nitrogens with zero attached hydrogens (tertiary/aromatic N) is 1. The molecule has 10 nitrogen and oxygen atoms in total. The van der Waals surface area contributed by atoms with Crippen molar-refractivity contribution in [3.05, 3.63) is 40.1 Å². The van der Waals surface area contributed by atoms with Crippen molar-refractivity contribution in [3.8, 4) is 11.5 Å². The molecule has 166 valence electrons. The molecule has 3 heterocycles. The zero-order valence-electron chi connectivity index (χ0n) is 16.9. The second-order valence-electron chi connectivity index (χ2n) is 7.70. The van der Waals surface area contributed by atoms with Gasteiger partial charge < -0.3 is 20.1 Å². The summed E-state index contributed by atoms with van der Waals surface area (Å²) in [6.07, 6.45) is 2.10. The van der Waals surface area contributed by atoms with Gasteiger partial charge in [-0.25, -0.2) is 9.59 Å². The lowest BCUT2D eigenvalue weighted by Crippen LogP contribution is -2.47. The van der Waals surface area contributed by atoms with Gasteiger partial charge in [0.1, 0.15) is 25.3 Å². The number of rotatable bonds is 3. The van der Waals surface area contributed by atoms with Gasteiger partial charge >= 0.3 is 12.1 Å². The number of imide groups is 2. The minimum Gasteiger partial charge on any atom is -0.486 e. The van der Waals surface area contributed by atoms with E-state index in [0.29, 0.717) is 36.8 Å². The molecule has 1 fully saturated rings. The van der Waals surface area contributed by atoms with Crippen molar-refractivity contribution in [3.63, 3.8) is 0 Å². The van der Waals surface area contributed by atoms with E-state index in [-0.39, 0.29) is 0 Å². The first-order valence-electron chi connectivity index (χ1n) is 10.2. The number of urea groups is 2. The average Bonchev–Trinajstić information content (AvgIpc) is 3.34. The number of aryl methyl sites for hydroxylation is 1. The Morgan fingerprint density at radius 3 is 2.81 bits per heavy atom. The third-order valence-corrected chi connectivity index (χ3v) is 6.67. The zero-order chi connectivity index (χ0) is 22.3. The molecule has 1 spiro atoms. The highest BCUT2D eigenvalue weighted by Gasteiger charge is 2.54. The third kappa shape index (κ3) is 3.44. The molecular formula is C21H20N4O6S. The van der Waals surface area contributed by atoms with Crippen molar-refractivity contribution in [1.82, 2.24) is 15.5 Å². The van der Waals surface area contributed by atoms with Crippen molar-refractivity contribution in [2.24, 2.45) is 0 Å². The van der Waals surface area contributed by atoms with E-state index in [1.54, 1.807) is 29.5 Å². The Morgan fingerprint density at radius 2 is 1.97 bits per heavy atom. The molecule has 2 aliphatic heterocycles. The Hall–Kier alpha value is -3.60. The van der Waals surface area contributed by atoms with Crippen LogP contribution in [0.25, 0.3) is 0 Å². The van der Waals surface area contributed by atoms with Crippen molar-refractivity contribution >= 4 is 40.9 Å². The molecule has 0 bridgehead atoms. The standard InChI is InChI=1S/C21H20N4O6S/c26-17(23-19(28)22-12-3-4-14-15(10-12)31-8-7-30-14)11-25-18(27)21(24-20(25)29)6-1-2-16-13(21)5-9-32-16/h3-5,9-10H,1-2,6-8,11H2,(H,24,29)(H2,22,23,26,28)/t21-/m1/s1. The molecule has 1 saturated heterocycles. The van der Waals surface area contributed by atoms with Crippen LogP contribution in [-0.2, 0) is 21.5 Å². The summed E-state index contributed by atoms with van der Waals surface area (Å²) in [6.45, 7) is 0.300. The Labute approximate surface area is 186 Å². The summed E-state index contributed by atoms with van der Waals surface area (Å²) in [6, 6.07) is 5.27. The van der Waals surface area contributed by atoms with Crippen LogP contribution >= 0.6 is 11.3 Å². The van der Waals surface area contributed by atoms with Gasteiger partial charge in [-0.3, -0.25) is 19.8 Å². The summed E-state index contributed by atoms with van der Waals surface area (Å²) in [5.74, 6) is -0.182. The fraction of sp³-hybridized carbons (Fsp3) is 0.333. The van der Waals surface area contributed by atoms with Gasteiger partial charge in [0.2, 0.25) is 5.91 Å². The number of carbonyl (C=O) groups excluding carboxylic acids is 4. The molecule has 3 aliphatic rings. The number of fused-ring (bicyclic) bond motifs is 3. The second kappa shape index (κ2) is 7.83. The van der Waals surface area contributed by atoms with E-state index in [1.807, 2.05) is 11.4 Å². The minimum atomic E-state index is -1.13. The summed E-state index contributed by atoms with van der Waals surface area (Å²) in [7, 11) is 0. The highest BCUT2D eigenvalue weighted by Crippen LogP contribution is 2.42. The molecule has 0 saturated carbocycles. The van der Waals surface area contributed by atoms with Crippen LogP contribution in [0.5, 0.6) is 11.5 Å². The van der Waals surface area contributed by atoms with Crippen molar-refractivity contribution in [2.45, 2.75) is 24.8 Å². The van der Waals surface area contributed by atoms with Crippen LogP contribution in [0.4, 0.5) is 15.3 Å². The van der Waals surface area contributed by atoms with Gasteiger partial charge in [-0.1, -0.05) is 0 Å². The van der Waals surface area contributed by atoms with Gasteiger partial charge in [0.05, 0.1) is 0 Å². The van der Waals surface area contributed by atoms with E-state index in [2.05, 4.69) is 16.0 Å². The summed E-state index contributed by atoms with van der Waals surface area (Å²) in [5.41, 5.74) is 0.0744. The summed E-state index contributed by atoms with van der Waals surface area (Å²) in [4.78, 5) is 52.2. The number of anilines is 1. The topological polar surface area (TPSA) is 126 Å². The Kier molecular flexibility index (Phi) is 4.97. The minimum absolute atomic E-state index is 0.403. The maximum atomic E-state index is 13.1. The number of hydrogen-bond donors (Lipinski definition) is 3. The van der Waals surface area contributed by atoms with Crippen molar-refractivity contribution in [2.75, 3.05) is 25.1 Å². The molecule has 3 N–H and O–H groups in total. The molecule has 1 aromatic carbocycles. The van der Waals surface area contributed by atoms with E-state index in [0.717, 1.165) is 28.2 Å². The number of benzene rings is 1. The number of carbonyl (C=O) groups is 4. The lowest BCUT2D eigenvalue weighted by molar-refractivity contribution is -0.135. The highest BCUT2D eigenvalue weighted by atomic mass is 32.1. The Morgan fingerprint density at radius 1 is 1.16 bits per heavy atom. The van der Waals surface area contributed by atoms with Crippen LogP contribution in [0, 0.1) is 0 Å². The van der Waals surface area contributed by atoms with E-state index in [9.17, 15) is 19.2 Å². The Bertz CT molecular complexity index is 1130. The normalized spacial score (nSPS) is 21.2. The van der Waals surface area contributed by atoms with Crippen molar-refractivity contribution in [1.29, 1.82) is 0 Å². The number of hydrogen-bond acceptors (Lipinski definition) is 7. The predicted molar refractivity (Wildman–Crippen MR) is 114 cm³/mol. The number of nitrogens with one attached hydrogen (secondary N) is 3. The third-order valence-electron chi connectivity index (χ3n) is 5.69. The van der Waals surface area contributed by atoms with Crippen LogP contribution in [0.1, 0.15) is 23.3 Å². The maximum absolute atomic E-state index is 13.1. The lowest BCUT2D eigenvalue weighted by atomic mass is 9.80. The van der Waals surface area contributed by atoms with Crippen LogP contribution in [0.15, 0.2) is 29.6 Å². The van der Waals surface area contributed by atoms with Gasteiger partial charge in [-0.2, -0.15) is 0 Å². The number of ether oxygens (including phenoxy) is 2. The summed E-state index contributed by atoms with van der Waals surface area (Å²) in [5, 5.41) is 9.35. The fourth-order valence-corrected chi connectivity index (χ4v) is 5.28.